The van der Waals surface area contributed by atoms with Gasteiger partial charge in [0, 0.05) is 11.9 Å². The number of likely N-dealkylation sites (tertiary alicyclic amines) is 1. The van der Waals surface area contributed by atoms with Gasteiger partial charge < -0.3 is 18.8 Å². The number of benzene rings is 2. The van der Waals surface area contributed by atoms with Crippen LogP contribution >= 0.6 is 11.8 Å². The van der Waals surface area contributed by atoms with Crippen LogP contribution in [0.25, 0.3) is 11.0 Å². The minimum atomic E-state index is -0.561. The molecular formula is C32H32FN5O4S. The average Bonchev–Trinajstić information content (AvgIpc) is 3.34. The predicted molar refractivity (Wildman–Crippen MR) is 159 cm³/mol. The van der Waals surface area contributed by atoms with E-state index in [4.69, 9.17) is 29.4 Å². The first-order valence-electron chi connectivity index (χ1n) is 14.4. The Morgan fingerprint density at radius 1 is 1.14 bits per heavy atom. The van der Waals surface area contributed by atoms with Gasteiger partial charge in [-0.1, -0.05) is 6.07 Å². The molecule has 4 aromatic rings. The molecule has 9 nitrogen and oxygen atoms in total. The van der Waals surface area contributed by atoms with E-state index in [1.807, 2.05) is 36.4 Å². The number of nitrogens with zero attached hydrogens (tertiary/aromatic N) is 5. The van der Waals surface area contributed by atoms with Crippen LogP contribution in [0.5, 0.6) is 5.75 Å². The van der Waals surface area contributed by atoms with Gasteiger partial charge in [0.15, 0.2) is 11.6 Å². The summed E-state index contributed by atoms with van der Waals surface area (Å²) in [5, 5.41) is 10.3. The number of methoxy groups -OCH3 is 1. The maximum absolute atomic E-state index is 14.2. The summed E-state index contributed by atoms with van der Waals surface area (Å²) in [7, 11) is 1.39. The summed E-state index contributed by atoms with van der Waals surface area (Å²) in [6, 6.07) is 17.4. The van der Waals surface area contributed by atoms with Crippen molar-refractivity contribution in [1.82, 2.24) is 19.4 Å². The van der Waals surface area contributed by atoms with E-state index < -0.39 is 5.82 Å². The van der Waals surface area contributed by atoms with E-state index in [2.05, 4.69) is 9.47 Å². The number of imidazole rings is 1. The van der Waals surface area contributed by atoms with Crippen molar-refractivity contribution in [3.8, 4) is 11.8 Å². The Bertz CT molecular complexity index is 1660. The van der Waals surface area contributed by atoms with Gasteiger partial charge in [0.1, 0.15) is 12.4 Å². The molecule has 6 rings (SSSR count). The molecule has 2 aromatic heterocycles. The number of carbonyl (C=O) groups excluding carboxylic acids is 1. The van der Waals surface area contributed by atoms with E-state index in [1.54, 1.807) is 17.8 Å². The highest BCUT2D eigenvalue weighted by Crippen LogP contribution is 2.31. The first kappa shape index (κ1) is 29.1. The molecule has 0 saturated carbocycles. The number of rotatable bonds is 10. The number of thioether (sulfide) groups is 1. The Morgan fingerprint density at radius 3 is 2.70 bits per heavy atom. The molecule has 0 spiro atoms. The number of piperidine rings is 1. The highest BCUT2D eigenvalue weighted by atomic mass is 32.2. The topological polar surface area (TPSA) is 102 Å². The molecule has 0 N–H and O–H groups in total. The van der Waals surface area contributed by atoms with Gasteiger partial charge in [-0.3, -0.25) is 4.90 Å². The average molecular weight is 602 g/mol. The van der Waals surface area contributed by atoms with Crippen LogP contribution in [-0.2, 0) is 29.2 Å². The number of esters is 1. The Balaban J connectivity index is 1.06. The summed E-state index contributed by atoms with van der Waals surface area (Å²) in [6.07, 6.45) is 3.22. The SMILES string of the molecule is COC(=O)c1ccc2nc(CN3CCC(Sc4cccc(COc5ccc(C#N)cc5F)n4)CC3)n(C[C@@H]3CCO3)c2c1. The van der Waals surface area contributed by atoms with E-state index >= 15 is 0 Å². The van der Waals surface area contributed by atoms with Gasteiger partial charge in [0.2, 0.25) is 0 Å². The molecule has 4 heterocycles. The van der Waals surface area contributed by atoms with E-state index in [9.17, 15) is 9.18 Å². The van der Waals surface area contributed by atoms with Gasteiger partial charge in [0.25, 0.3) is 0 Å². The Hall–Kier alpha value is -3.98. The van der Waals surface area contributed by atoms with Gasteiger partial charge in [-0.25, -0.2) is 19.2 Å². The van der Waals surface area contributed by atoms with Crippen LogP contribution in [0.3, 0.4) is 0 Å². The Labute approximate surface area is 253 Å². The lowest BCUT2D eigenvalue weighted by Gasteiger charge is -2.32. The molecule has 43 heavy (non-hydrogen) atoms. The zero-order valence-corrected chi connectivity index (χ0v) is 24.7. The third-order valence-electron chi connectivity index (χ3n) is 7.83. The number of pyridine rings is 1. The molecule has 1 atom stereocenters. The lowest BCUT2D eigenvalue weighted by molar-refractivity contribution is -0.0592. The van der Waals surface area contributed by atoms with Crippen LogP contribution in [0.4, 0.5) is 4.39 Å². The fourth-order valence-corrected chi connectivity index (χ4v) is 6.49. The van der Waals surface area contributed by atoms with Crippen molar-refractivity contribution < 1.29 is 23.4 Å². The molecule has 0 aliphatic carbocycles. The first-order chi connectivity index (χ1) is 21.0. The van der Waals surface area contributed by atoms with Crippen molar-refractivity contribution in [1.29, 1.82) is 5.26 Å². The van der Waals surface area contributed by atoms with Crippen LogP contribution in [-0.4, -0.2) is 63.6 Å². The second kappa shape index (κ2) is 13.1. The molecule has 0 amide bonds. The Morgan fingerprint density at radius 2 is 1.98 bits per heavy atom. The molecule has 0 radical (unpaired) electrons. The number of ether oxygens (including phenoxy) is 3. The summed E-state index contributed by atoms with van der Waals surface area (Å²) in [4.78, 5) is 24.3. The fraction of sp³-hybridized carbons (Fsp3) is 0.375. The second-order valence-electron chi connectivity index (χ2n) is 10.7. The first-order valence-corrected chi connectivity index (χ1v) is 15.2. The van der Waals surface area contributed by atoms with Gasteiger partial charge in [-0.2, -0.15) is 5.26 Å². The largest absolute Gasteiger partial charge is 0.484 e. The monoisotopic (exact) mass is 601 g/mol. The van der Waals surface area contributed by atoms with Crippen molar-refractivity contribution in [3.63, 3.8) is 0 Å². The molecule has 0 unspecified atom stereocenters. The molecule has 2 fully saturated rings. The van der Waals surface area contributed by atoms with E-state index in [0.717, 1.165) is 73.1 Å². The maximum Gasteiger partial charge on any atom is 0.337 e. The number of hydrogen-bond acceptors (Lipinski definition) is 9. The zero-order chi connectivity index (χ0) is 29.8. The molecular weight excluding hydrogens is 569 g/mol. The summed E-state index contributed by atoms with van der Waals surface area (Å²) >= 11 is 1.76. The summed E-state index contributed by atoms with van der Waals surface area (Å²) in [5.41, 5.74) is 3.28. The molecule has 2 saturated heterocycles. The molecule has 222 valence electrons. The number of halogens is 1. The molecule has 2 aliphatic heterocycles. The summed E-state index contributed by atoms with van der Waals surface area (Å²) < 4.78 is 32.7. The van der Waals surface area contributed by atoms with Gasteiger partial charge in [0.05, 0.1) is 65.3 Å². The quantitative estimate of drug-likeness (QED) is 0.223. The van der Waals surface area contributed by atoms with Crippen molar-refractivity contribution >= 4 is 28.8 Å². The zero-order valence-electron chi connectivity index (χ0n) is 23.9. The highest BCUT2D eigenvalue weighted by Gasteiger charge is 2.26. The van der Waals surface area contributed by atoms with Crippen molar-refractivity contribution in [2.24, 2.45) is 0 Å². The van der Waals surface area contributed by atoms with Crippen molar-refractivity contribution in [3.05, 3.63) is 83.1 Å². The lowest BCUT2D eigenvalue weighted by atomic mass is 10.1. The van der Waals surface area contributed by atoms with Crippen LogP contribution in [0.1, 0.15) is 46.7 Å². The molecule has 2 aliphatic rings. The maximum atomic E-state index is 14.2. The Kier molecular flexibility index (Phi) is 8.88. The normalized spacial score (nSPS) is 17.4. The number of hydrogen-bond donors (Lipinski definition) is 0. The minimum absolute atomic E-state index is 0.101. The third-order valence-corrected chi connectivity index (χ3v) is 9.11. The highest BCUT2D eigenvalue weighted by molar-refractivity contribution is 7.99. The lowest BCUT2D eigenvalue weighted by Crippen LogP contribution is -2.36. The van der Waals surface area contributed by atoms with Gasteiger partial charge in [-0.05, 0) is 80.9 Å². The third kappa shape index (κ3) is 6.82. The standard InChI is InChI=1S/C32H32FN5O4S/c1-40-32(39)22-6-7-27-28(16-22)38(18-24-11-14-41-24)30(36-27)19-37-12-9-25(10-13-37)43-31-4-2-3-23(35-31)20-42-29-8-5-21(17-34)15-26(29)33/h2-8,15-16,24-25H,9-14,18-20H2,1H3/t24-/m0/s1. The summed E-state index contributed by atoms with van der Waals surface area (Å²) in [6.45, 7) is 4.25. The predicted octanol–water partition coefficient (Wildman–Crippen LogP) is 5.35. The molecule has 11 heteroatoms. The number of fused-ring (bicyclic) bond motifs is 1. The van der Waals surface area contributed by atoms with Crippen LogP contribution < -0.4 is 4.74 Å². The number of aromatic nitrogens is 3. The number of carbonyl (C=O) groups is 1. The number of nitriles is 1. The van der Waals surface area contributed by atoms with Gasteiger partial charge >= 0.3 is 5.97 Å². The van der Waals surface area contributed by atoms with Crippen LogP contribution in [0.2, 0.25) is 0 Å². The van der Waals surface area contributed by atoms with E-state index in [-0.39, 0.29) is 30.0 Å². The van der Waals surface area contributed by atoms with Crippen LogP contribution in [0, 0.1) is 17.1 Å². The second-order valence-corrected chi connectivity index (χ2v) is 12.0. The fourth-order valence-electron chi connectivity index (χ4n) is 5.37. The van der Waals surface area contributed by atoms with Gasteiger partial charge in [-0.15, -0.1) is 11.8 Å². The van der Waals surface area contributed by atoms with E-state index in [0.29, 0.717) is 17.4 Å². The minimum Gasteiger partial charge on any atom is -0.484 e. The van der Waals surface area contributed by atoms with E-state index in [1.165, 1.54) is 25.3 Å². The molecule has 0 bridgehead atoms. The van der Waals surface area contributed by atoms with Crippen LogP contribution in [0.15, 0.2) is 59.6 Å². The molecule has 2 aromatic carbocycles. The van der Waals surface area contributed by atoms with Crippen molar-refractivity contribution in [2.75, 3.05) is 26.8 Å². The smallest absolute Gasteiger partial charge is 0.337 e. The summed E-state index contributed by atoms with van der Waals surface area (Å²) in [5.74, 6) is 0.160. The van der Waals surface area contributed by atoms with Crippen molar-refractivity contribution in [2.45, 2.75) is 55.3 Å².